The van der Waals surface area contributed by atoms with Crippen LogP contribution in [-0.2, 0) is 15.8 Å². The maximum atomic E-state index is 12.4. The SMILES string of the molecule is C=CC(=O)N1CC(CC(=O)Nc2ccc(C(F)(F)F)cc2)C1. The second kappa shape index (κ2) is 6.21. The molecule has 0 aliphatic carbocycles. The fourth-order valence-corrected chi connectivity index (χ4v) is 2.22. The minimum absolute atomic E-state index is 0.0679. The maximum Gasteiger partial charge on any atom is 0.416 e. The molecule has 1 fully saturated rings. The molecule has 1 aromatic rings. The molecule has 1 heterocycles. The third-order valence-electron chi connectivity index (χ3n) is 3.41. The number of hydrogen-bond donors (Lipinski definition) is 1. The molecule has 0 unspecified atom stereocenters. The average Bonchev–Trinajstić information content (AvgIpc) is 2.41. The summed E-state index contributed by atoms with van der Waals surface area (Å²) in [5.41, 5.74) is -0.445. The highest BCUT2D eigenvalue weighted by Gasteiger charge is 2.31. The predicted octanol–water partition coefficient (Wildman–Crippen LogP) is 2.68. The van der Waals surface area contributed by atoms with E-state index >= 15 is 0 Å². The van der Waals surface area contributed by atoms with E-state index < -0.39 is 11.7 Å². The highest BCUT2D eigenvalue weighted by molar-refractivity contribution is 5.91. The van der Waals surface area contributed by atoms with Gasteiger partial charge >= 0.3 is 6.18 Å². The number of carbonyl (C=O) groups is 2. The van der Waals surface area contributed by atoms with Gasteiger partial charge in [-0.15, -0.1) is 0 Å². The number of hydrogen-bond acceptors (Lipinski definition) is 2. The van der Waals surface area contributed by atoms with Gasteiger partial charge in [0.15, 0.2) is 0 Å². The zero-order valence-electron chi connectivity index (χ0n) is 11.7. The molecule has 2 rings (SSSR count). The number of rotatable bonds is 4. The lowest BCUT2D eigenvalue weighted by atomic mass is 9.96. The molecule has 0 aromatic heterocycles. The first kappa shape index (κ1) is 16.1. The molecule has 1 aliphatic rings. The predicted molar refractivity (Wildman–Crippen MR) is 75.0 cm³/mol. The van der Waals surface area contributed by atoms with Crippen LogP contribution in [0.5, 0.6) is 0 Å². The van der Waals surface area contributed by atoms with Gasteiger partial charge in [-0.25, -0.2) is 0 Å². The number of benzene rings is 1. The number of nitrogens with zero attached hydrogens (tertiary/aromatic N) is 1. The lowest BCUT2D eigenvalue weighted by Gasteiger charge is -2.38. The van der Waals surface area contributed by atoms with E-state index in [1.807, 2.05) is 0 Å². The van der Waals surface area contributed by atoms with Crippen LogP contribution in [0.3, 0.4) is 0 Å². The first-order valence-electron chi connectivity index (χ1n) is 6.68. The van der Waals surface area contributed by atoms with Crippen LogP contribution in [0.25, 0.3) is 0 Å². The fraction of sp³-hybridized carbons (Fsp3) is 0.333. The van der Waals surface area contributed by atoms with E-state index in [-0.39, 0.29) is 24.2 Å². The summed E-state index contributed by atoms with van der Waals surface area (Å²) in [6, 6.07) is 4.27. The maximum absolute atomic E-state index is 12.4. The Kier molecular flexibility index (Phi) is 4.54. The summed E-state index contributed by atoms with van der Waals surface area (Å²) in [5.74, 6) is -0.381. The standard InChI is InChI=1S/C15H15F3N2O2/c1-2-14(22)20-8-10(9-20)7-13(21)19-12-5-3-11(4-6-12)15(16,17)18/h2-6,10H,1,7-9H2,(H,19,21). The van der Waals surface area contributed by atoms with Crippen molar-refractivity contribution < 1.29 is 22.8 Å². The van der Waals surface area contributed by atoms with Gasteiger partial charge in [0.05, 0.1) is 5.56 Å². The van der Waals surface area contributed by atoms with Crippen molar-refractivity contribution in [3.63, 3.8) is 0 Å². The molecule has 0 bridgehead atoms. The summed E-state index contributed by atoms with van der Waals surface area (Å²) in [7, 11) is 0. The summed E-state index contributed by atoms with van der Waals surface area (Å²) in [5, 5.41) is 2.55. The van der Waals surface area contributed by atoms with Gasteiger partial charge in [-0.3, -0.25) is 9.59 Å². The highest BCUT2D eigenvalue weighted by atomic mass is 19.4. The van der Waals surface area contributed by atoms with Gasteiger partial charge in [-0.05, 0) is 30.3 Å². The smallest absolute Gasteiger partial charge is 0.338 e. The van der Waals surface area contributed by atoms with E-state index in [0.717, 1.165) is 12.1 Å². The van der Waals surface area contributed by atoms with Gasteiger partial charge in [0.25, 0.3) is 0 Å². The first-order chi connectivity index (χ1) is 10.3. The van der Waals surface area contributed by atoms with Crippen molar-refractivity contribution in [3.8, 4) is 0 Å². The number of amides is 2. The lowest BCUT2D eigenvalue weighted by molar-refractivity contribution is -0.137. The number of anilines is 1. The largest absolute Gasteiger partial charge is 0.416 e. The van der Waals surface area contributed by atoms with Crippen molar-refractivity contribution in [1.29, 1.82) is 0 Å². The minimum atomic E-state index is -4.39. The summed E-state index contributed by atoms with van der Waals surface area (Å²) in [6.45, 7) is 4.36. The van der Waals surface area contributed by atoms with E-state index in [9.17, 15) is 22.8 Å². The van der Waals surface area contributed by atoms with Crippen LogP contribution in [0.15, 0.2) is 36.9 Å². The van der Waals surface area contributed by atoms with E-state index in [0.29, 0.717) is 18.8 Å². The molecule has 118 valence electrons. The Morgan fingerprint density at radius 3 is 2.36 bits per heavy atom. The van der Waals surface area contributed by atoms with Gasteiger partial charge in [-0.2, -0.15) is 13.2 Å². The molecule has 1 aliphatic heterocycles. The third kappa shape index (κ3) is 3.87. The summed E-state index contributed by atoms with van der Waals surface area (Å²) >= 11 is 0. The van der Waals surface area contributed by atoms with Gasteiger partial charge < -0.3 is 10.2 Å². The van der Waals surface area contributed by atoms with Gasteiger partial charge in [-0.1, -0.05) is 6.58 Å². The van der Waals surface area contributed by atoms with Crippen molar-refractivity contribution in [3.05, 3.63) is 42.5 Å². The normalized spacial score (nSPS) is 15.1. The molecular weight excluding hydrogens is 297 g/mol. The molecule has 4 nitrogen and oxygen atoms in total. The minimum Gasteiger partial charge on any atom is -0.338 e. The number of nitrogens with one attached hydrogen (secondary N) is 1. The average molecular weight is 312 g/mol. The van der Waals surface area contributed by atoms with Crippen LogP contribution < -0.4 is 5.32 Å². The molecule has 0 atom stereocenters. The van der Waals surface area contributed by atoms with Crippen molar-refractivity contribution in [1.82, 2.24) is 4.90 Å². The molecule has 0 spiro atoms. The van der Waals surface area contributed by atoms with Crippen LogP contribution in [0.4, 0.5) is 18.9 Å². The Morgan fingerprint density at radius 2 is 1.86 bits per heavy atom. The molecule has 1 N–H and O–H groups in total. The monoisotopic (exact) mass is 312 g/mol. The highest BCUT2D eigenvalue weighted by Crippen LogP contribution is 2.30. The zero-order valence-corrected chi connectivity index (χ0v) is 11.7. The molecule has 0 radical (unpaired) electrons. The molecule has 7 heteroatoms. The summed E-state index contributed by atoms with van der Waals surface area (Å²) in [6.07, 6.45) is -2.95. The van der Waals surface area contributed by atoms with Crippen LogP contribution in [0.2, 0.25) is 0 Å². The van der Waals surface area contributed by atoms with Crippen LogP contribution in [-0.4, -0.2) is 29.8 Å². The molecular formula is C15H15F3N2O2. The Bertz CT molecular complexity index is 575. The zero-order chi connectivity index (χ0) is 16.3. The number of alkyl halides is 3. The van der Waals surface area contributed by atoms with Crippen LogP contribution in [0.1, 0.15) is 12.0 Å². The van der Waals surface area contributed by atoms with Gasteiger partial charge in [0, 0.05) is 31.1 Å². The topological polar surface area (TPSA) is 49.4 Å². The summed E-state index contributed by atoms with van der Waals surface area (Å²) < 4.78 is 37.2. The Balaban J connectivity index is 1.81. The molecule has 1 aromatic carbocycles. The number of likely N-dealkylation sites (tertiary alicyclic amines) is 1. The molecule has 1 saturated heterocycles. The Labute approximate surface area is 125 Å². The van der Waals surface area contributed by atoms with Crippen molar-refractivity contribution >= 4 is 17.5 Å². The number of halogens is 3. The fourth-order valence-electron chi connectivity index (χ4n) is 2.22. The van der Waals surface area contributed by atoms with E-state index in [1.54, 1.807) is 4.90 Å². The second-order valence-corrected chi connectivity index (χ2v) is 5.14. The summed E-state index contributed by atoms with van der Waals surface area (Å²) in [4.78, 5) is 24.6. The van der Waals surface area contributed by atoms with E-state index in [1.165, 1.54) is 18.2 Å². The Hall–Kier alpha value is -2.31. The van der Waals surface area contributed by atoms with Gasteiger partial charge in [0.1, 0.15) is 0 Å². The van der Waals surface area contributed by atoms with Crippen LogP contribution in [0, 0.1) is 5.92 Å². The van der Waals surface area contributed by atoms with Crippen molar-refractivity contribution in [2.75, 3.05) is 18.4 Å². The second-order valence-electron chi connectivity index (χ2n) is 5.14. The number of carbonyl (C=O) groups excluding carboxylic acids is 2. The third-order valence-corrected chi connectivity index (χ3v) is 3.41. The Morgan fingerprint density at radius 1 is 1.27 bits per heavy atom. The first-order valence-corrected chi connectivity index (χ1v) is 6.68. The van der Waals surface area contributed by atoms with Crippen molar-refractivity contribution in [2.24, 2.45) is 5.92 Å². The van der Waals surface area contributed by atoms with Gasteiger partial charge in [0.2, 0.25) is 11.8 Å². The lowest BCUT2D eigenvalue weighted by Crippen LogP contribution is -2.50. The van der Waals surface area contributed by atoms with Crippen molar-refractivity contribution in [2.45, 2.75) is 12.6 Å². The molecule has 2 amide bonds. The quantitative estimate of drug-likeness (QED) is 0.869. The van der Waals surface area contributed by atoms with E-state index in [2.05, 4.69) is 11.9 Å². The molecule has 0 saturated carbocycles. The van der Waals surface area contributed by atoms with E-state index in [4.69, 9.17) is 0 Å². The van der Waals surface area contributed by atoms with Crippen LogP contribution >= 0.6 is 0 Å². The molecule has 22 heavy (non-hydrogen) atoms.